The Labute approximate surface area is 99.0 Å². The van der Waals surface area contributed by atoms with Crippen LogP contribution in [0.15, 0.2) is 48.5 Å². The summed E-state index contributed by atoms with van der Waals surface area (Å²) in [4.78, 5) is 0. The molecular formula is C13H13AsN. The number of hydrogen-bond acceptors (Lipinski definition) is 1. The third-order valence-corrected chi connectivity index (χ3v) is 2.92. The second kappa shape index (κ2) is 5.04. The molecule has 0 aromatic heterocycles. The Hall–Kier alpha value is -1.20. The Bertz CT molecular complexity index is 426. The zero-order chi connectivity index (χ0) is 10.5. The van der Waals surface area contributed by atoms with Crippen molar-refractivity contribution in [3.05, 3.63) is 60.2 Å². The van der Waals surface area contributed by atoms with Crippen molar-refractivity contribution in [2.45, 2.75) is 6.54 Å². The molecule has 15 heavy (non-hydrogen) atoms. The normalized spacial score (nSPS) is 9.93. The van der Waals surface area contributed by atoms with E-state index < -0.39 is 0 Å². The summed E-state index contributed by atoms with van der Waals surface area (Å²) in [6, 6.07) is 19.5. The van der Waals surface area contributed by atoms with E-state index in [1.807, 2.05) is 24.3 Å². The Balaban J connectivity index is 1.99. The Morgan fingerprint density at radius 2 is 1.93 bits per heavy atom. The van der Waals surface area contributed by atoms with Gasteiger partial charge in [-0.2, -0.15) is 0 Å². The van der Waals surface area contributed by atoms with Crippen molar-refractivity contribution in [2.24, 2.45) is 0 Å². The molecular weight excluding hydrogens is 245 g/mol. The number of nitrogens with one attached hydrogen (secondary N) is 1. The zero-order valence-corrected chi connectivity index (χ0v) is 10.8. The van der Waals surface area contributed by atoms with E-state index in [9.17, 15) is 0 Å². The number of anilines is 1. The van der Waals surface area contributed by atoms with E-state index in [2.05, 4.69) is 35.6 Å². The van der Waals surface area contributed by atoms with Crippen LogP contribution in [0.5, 0.6) is 0 Å². The van der Waals surface area contributed by atoms with Crippen LogP contribution in [0, 0.1) is 6.07 Å². The Kier molecular flexibility index (Phi) is 3.47. The molecule has 2 rings (SSSR count). The van der Waals surface area contributed by atoms with E-state index in [0.717, 1.165) is 12.2 Å². The van der Waals surface area contributed by atoms with E-state index in [0.29, 0.717) is 0 Å². The third kappa shape index (κ3) is 3.14. The third-order valence-electron chi connectivity index (χ3n) is 2.17. The first kappa shape index (κ1) is 10.3. The molecule has 0 heterocycles. The summed E-state index contributed by atoms with van der Waals surface area (Å²) in [6.45, 7) is 0.877. The van der Waals surface area contributed by atoms with Crippen LogP contribution in [0.25, 0.3) is 0 Å². The monoisotopic (exact) mass is 258 g/mol. The van der Waals surface area contributed by atoms with Crippen LogP contribution in [0.4, 0.5) is 5.69 Å². The maximum absolute atomic E-state index is 3.38. The second-order valence-corrected chi connectivity index (χ2v) is 4.79. The molecule has 0 saturated heterocycles. The molecule has 0 bridgehead atoms. The van der Waals surface area contributed by atoms with Gasteiger partial charge in [0, 0.05) is 0 Å². The topological polar surface area (TPSA) is 12.0 Å². The van der Waals surface area contributed by atoms with Gasteiger partial charge in [0.25, 0.3) is 0 Å². The van der Waals surface area contributed by atoms with Crippen molar-refractivity contribution >= 4 is 26.9 Å². The first-order valence-corrected chi connectivity index (χ1v) is 6.10. The van der Waals surface area contributed by atoms with E-state index >= 15 is 0 Å². The molecule has 1 atom stereocenters. The molecule has 0 aliphatic heterocycles. The van der Waals surface area contributed by atoms with Gasteiger partial charge in [0.05, 0.1) is 0 Å². The second-order valence-electron chi connectivity index (χ2n) is 3.39. The van der Waals surface area contributed by atoms with Crippen molar-refractivity contribution in [3.8, 4) is 0 Å². The maximum atomic E-state index is 3.38. The average Bonchev–Trinajstić information content (AvgIpc) is 2.28. The van der Waals surface area contributed by atoms with E-state index in [1.54, 1.807) is 16.9 Å². The summed E-state index contributed by atoms with van der Waals surface area (Å²) in [5, 5.41) is 3.38. The molecule has 0 fully saturated rings. The molecule has 1 N–H and O–H groups in total. The number of rotatable bonds is 3. The van der Waals surface area contributed by atoms with Gasteiger partial charge in [-0.05, 0) is 0 Å². The molecule has 2 aromatic rings. The van der Waals surface area contributed by atoms with Crippen LogP contribution in [-0.2, 0) is 6.54 Å². The molecule has 0 aliphatic carbocycles. The molecule has 0 amide bonds. The van der Waals surface area contributed by atoms with Crippen LogP contribution in [-0.4, -0.2) is 16.9 Å². The number of benzene rings is 2. The fraction of sp³-hybridized carbons (Fsp3) is 0.0769. The van der Waals surface area contributed by atoms with Crippen LogP contribution in [0.3, 0.4) is 0 Å². The quantitative estimate of drug-likeness (QED) is 0.820. The van der Waals surface area contributed by atoms with Gasteiger partial charge in [0.1, 0.15) is 0 Å². The average molecular weight is 258 g/mol. The molecule has 1 radical (unpaired) electrons. The minimum atomic E-state index is 0.877. The minimum absolute atomic E-state index is 0.877. The van der Waals surface area contributed by atoms with E-state index in [4.69, 9.17) is 0 Å². The predicted molar refractivity (Wildman–Crippen MR) is 67.2 cm³/mol. The molecule has 75 valence electrons. The molecule has 0 saturated carbocycles. The summed E-state index contributed by atoms with van der Waals surface area (Å²) in [5.74, 6) is 0. The van der Waals surface area contributed by atoms with Gasteiger partial charge in [-0.25, -0.2) is 0 Å². The summed E-state index contributed by atoms with van der Waals surface area (Å²) < 4.78 is 1.36. The molecule has 1 nitrogen and oxygen atoms in total. The summed E-state index contributed by atoms with van der Waals surface area (Å²) >= 11 is 1.66. The molecule has 2 aromatic carbocycles. The van der Waals surface area contributed by atoms with Crippen molar-refractivity contribution in [1.82, 2.24) is 0 Å². The molecule has 0 spiro atoms. The fourth-order valence-electron chi connectivity index (χ4n) is 1.41. The Morgan fingerprint density at radius 3 is 2.67 bits per heavy atom. The van der Waals surface area contributed by atoms with Crippen LogP contribution in [0.1, 0.15) is 5.56 Å². The summed E-state index contributed by atoms with van der Waals surface area (Å²) in [7, 11) is 0. The van der Waals surface area contributed by atoms with Crippen molar-refractivity contribution in [3.63, 3.8) is 0 Å². The van der Waals surface area contributed by atoms with Crippen molar-refractivity contribution in [2.75, 3.05) is 5.32 Å². The summed E-state index contributed by atoms with van der Waals surface area (Å²) in [5.41, 5.74) is 2.46. The van der Waals surface area contributed by atoms with Crippen LogP contribution in [0.2, 0.25) is 0 Å². The Morgan fingerprint density at radius 1 is 1.13 bits per heavy atom. The molecule has 1 unspecified atom stereocenters. The molecule has 0 aliphatic rings. The van der Waals surface area contributed by atoms with Gasteiger partial charge in [0.15, 0.2) is 0 Å². The van der Waals surface area contributed by atoms with Crippen LogP contribution >= 0.6 is 0 Å². The van der Waals surface area contributed by atoms with Crippen molar-refractivity contribution in [1.29, 1.82) is 0 Å². The first-order valence-electron chi connectivity index (χ1n) is 4.89. The van der Waals surface area contributed by atoms with Crippen molar-refractivity contribution < 1.29 is 0 Å². The van der Waals surface area contributed by atoms with Crippen LogP contribution < -0.4 is 9.67 Å². The van der Waals surface area contributed by atoms with E-state index in [1.165, 1.54) is 9.91 Å². The van der Waals surface area contributed by atoms with Gasteiger partial charge >= 0.3 is 98.9 Å². The SMILES string of the molecule is [AsH2]c1cccc(CNc2cc[c]cc2)c1. The number of hydrogen-bond donors (Lipinski definition) is 1. The van der Waals surface area contributed by atoms with Gasteiger partial charge in [-0.3, -0.25) is 0 Å². The molecule has 2 heteroatoms. The fourth-order valence-corrected chi connectivity index (χ4v) is 2.09. The van der Waals surface area contributed by atoms with Gasteiger partial charge in [-0.1, -0.05) is 0 Å². The van der Waals surface area contributed by atoms with Gasteiger partial charge in [0.2, 0.25) is 0 Å². The van der Waals surface area contributed by atoms with E-state index in [-0.39, 0.29) is 0 Å². The zero-order valence-electron chi connectivity index (χ0n) is 8.40. The predicted octanol–water partition coefficient (Wildman–Crippen LogP) is 1.36. The van der Waals surface area contributed by atoms with Gasteiger partial charge < -0.3 is 0 Å². The van der Waals surface area contributed by atoms with Gasteiger partial charge in [-0.15, -0.1) is 0 Å². The standard InChI is InChI=1S/C13H13AsN/c14-12-6-4-5-11(9-12)10-15-13-7-2-1-3-8-13/h2-9,15H,10,14H2. The summed E-state index contributed by atoms with van der Waals surface area (Å²) in [6.07, 6.45) is 0. The first-order chi connectivity index (χ1) is 7.34.